The van der Waals surface area contributed by atoms with Gasteiger partial charge in [-0.15, -0.1) is 0 Å². The molecule has 1 fully saturated rings. The summed E-state index contributed by atoms with van der Waals surface area (Å²) in [6.45, 7) is 7.51. The summed E-state index contributed by atoms with van der Waals surface area (Å²) in [5.41, 5.74) is 0.856. The van der Waals surface area contributed by atoms with Crippen molar-refractivity contribution in [1.29, 1.82) is 0 Å². The third-order valence-corrected chi connectivity index (χ3v) is 9.58. The number of rotatable bonds is 6. The van der Waals surface area contributed by atoms with Crippen molar-refractivity contribution in [2.24, 2.45) is 23.2 Å². The highest BCUT2D eigenvalue weighted by Gasteiger charge is 2.51. The minimum absolute atomic E-state index is 0.0405. The number of methoxy groups -OCH3 is 1. The highest BCUT2D eigenvalue weighted by atomic mass is 79.9. The largest absolute Gasteiger partial charge is 0.495 e. The Morgan fingerprint density at radius 1 is 1.28 bits per heavy atom. The molecule has 1 heterocycles. The summed E-state index contributed by atoms with van der Waals surface area (Å²) in [4.78, 5) is 26.9. The van der Waals surface area contributed by atoms with E-state index in [0.717, 1.165) is 12.8 Å². The first-order chi connectivity index (χ1) is 18.5. The number of carbonyl (C=O) groups is 2. The fourth-order valence-electron chi connectivity index (χ4n) is 5.93. The third kappa shape index (κ3) is 4.74. The topological polar surface area (TPSA) is 91.3 Å². The first kappa shape index (κ1) is 28.0. The Bertz CT molecular complexity index is 1380. The van der Waals surface area contributed by atoms with E-state index in [-0.39, 0.29) is 53.0 Å². The molecule has 0 saturated heterocycles. The number of hydrogen-bond donors (Lipinski definition) is 1. The predicted molar refractivity (Wildman–Crippen MR) is 150 cm³/mol. The van der Waals surface area contributed by atoms with Gasteiger partial charge in [0, 0.05) is 5.56 Å². The van der Waals surface area contributed by atoms with Gasteiger partial charge in [-0.25, -0.2) is 4.79 Å². The van der Waals surface area contributed by atoms with Crippen LogP contribution in [0.15, 0.2) is 28.8 Å². The Morgan fingerprint density at radius 3 is 2.64 bits per heavy atom. The molecule has 5 rings (SSSR count). The van der Waals surface area contributed by atoms with Crippen molar-refractivity contribution in [3.05, 3.63) is 56.0 Å². The highest BCUT2D eigenvalue weighted by Crippen LogP contribution is 2.55. The molecule has 9 heteroatoms. The van der Waals surface area contributed by atoms with Gasteiger partial charge in [-0.2, -0.15) is 0 Å². The van der Waals surface area contributed by atoms with Gasteiger partial charge >= 0.3 is 11.9 Å². The van der Waals surface area contributed by atoms with Crippen LogP contribution in [0.5, 0.6) is 23.0 Å². The molecule has 39 heavy (non-hydrogen) atoms. The summed E-state index contributed by atoms with van der Waals surface area (Å²) in [6, 6.07) is 3.25. The lowest BCUT2D eigenvalue weighted by atomic mass is 9.78. The number of benzene rings is 2. The number of ether oxygens (including phenoxy) is 4. The van der Waals surface area contributed by atoms with Crippen molar-refractivity contribution in [1.82, 2.24) is 0 Å². The molecule has 7 nitrogen and oxygen atoms in total. The van der Waals surface area contributed by atoms with Crippen LogP contribution >= 0.6 is 27.5 Å². The fraction of sp³-hybridized carbons (Fsp3) is 0.467. The first-order valence-corrected chi connectivity index (χ1v) is 14.3. The second-order valence-electron chi connectivity index (χ2n) is 11.3. The van der Waals surface area contributed by atoms with Crippen LogP contribution in [0, 0.1) is 30.1 Å². The second kappa shape index (κ2) is 10.5. The van der Waals surface area contributed by atoms with Gasteiger partial charge in [-0.1, -0.05) is 37.6 Å². The van der Waals surface area contributed by atoms with Gasteiger partial charge in [0.1, 0.15) is 23.7 Å². The van der Waals surface area contributed by atoms with Gasteiger partial charge in [0.2, 0.25) is 0 Å². The monoisotopic (exact) mass is 618 g/mol. The molecule has 2 aromatic rings. The number of cyclic esters (lactones) is 1. The lowest BCUT2D eigenvalue weighted by molar-refractivity contribution is -0.146. The van der Waals surface area contributed by atoms with E-state index in [1.807, 2.05) is 20.8 Å². The molecule has 4 atom stereocenters. The van der Waals surface area contributed by atoms with Crippen molar-refractivity contribution in [2.45, 2.75) is 59.7 Å². The maximum absolute atomic E-state index is 13.6. The smallest absolute Gasteiger partial charge is 0.346 e. The quantitative estimate of drug-likeness (QED) is 0.204. The summed E-state index contributed by atoms with van der Waals surface area (Å²) < 4.78 is 24.2. The molecule has 0 amide bonds. The van der Waals surface area contributed by atoms with E-state index in [9.17, 15) is 14.7 Å². The maximum Gasteiger partial charge on any atom is 0.346 e. The number of halogens is 2. The molecule has 3 unspecified atom stereocenters. The Balaban J connectivity index is 1.61. The summed E-state index contributed by atoms with van der Waals surface area (Å²) in [6.07, 6.45) is 5.56. The van der Waals surface area contributed by atoms with Gasteiger partial charge in [0.05, 0.1) is 33.7 Å². The summed E-state index contributed by atoms with van der Waals surface area (Å²) in [5.74, 6) is 0.345. The van der Waals surface area contributed by atoms with Crippen LogP contribution in [-0.4, -0.2) is 24.2 Å². The average molecular weight is 620 g/mol. The van der Waals surface area contributed by atoms with Gasteiger partial charge in [-0.05, 0) is 84.5 Å². The highest BCUT2D eigenvalue weighted by molar-refractivity contribution is 9.10. The summed E-state index contributed by atoms with van der Waals surface area (Å²) in [7, 11) is 1.43. The molecule has 3 aliphatic rings. The van der Waals surface area contributed by atoms with Crippen LogP contribution < -0.4 is 14.2 Å². The lowest BCUT2D eigenvalue weighted by Gasteiger charge is -2.30. The van der Waals surface area contributed by atoms with E-state index in [2.05, 4.69) is 28.1 Å². The van der Waals surface area contributed by atoms with Gasteiger partial charge < -0.3 is 24.1 Å². The Kier molecular flexibility index (Phi) is 7.50. The minimum atomic E-state index is -0.852. The minimum Gasteiger partial charge on any atom is -0.495 e. The number of aliphatic hydroxyl groups excluding tert-OH is 1. The van der Waals surface area contributed by atoms with Gasteiger partial charge in [0.15, 0.2) is 11.5 Å². The number of aliphatic hydroxyl groups is 1. The molecule has 0 radical (unpaired) electrons. The number of allylic oxidation sites excluding steroid dienone is 2. The molecule has 208 valence electrons. The molecular weight excluding hydrogens is 588 g/mol. The Labute approximate surface area is 241 Å². The van der Waals surface area contributed by atoms with E-state index >= 15 is 0 Å². The summed E-state index contributed by atoms with van der Waals surface area (Å²) >= 11 is 10.3. The molecular formula is C30H32BrClO7. The number of hydrogen-bond acceptors (Lipinski definition) is 7. The lowest BCUT2D eigenvalue weighted by Crippen LogP contribution is -2.35. The van der Waals surface area contributed by atoms with E-state index < -0.39 is 17.5 Å². The molecule has 1 saturated carbocycles. The van der Waals surface area contributed by atoms with Crippen molar-refractivity contribution in [2.75, 3.05) is 7.11 Å². The normalized spacial score (nSPS) is 23.9. The van der Waals surface area contributed by atoms with Crippen molar-refractivity contribution in [3.63, 3.8) is 0 Å². The van der Waals surface area contributed by atoms with E-state index in [0.29, 0.717) is 38.5 Å². The molecule has 2 aliphatic carbocycles. The fourth-order valence-corrected chi connectivity index (χ4v) is 6.74. The van der Waals surface area contributed by atoms with Crippen molar-refractivity contribution < 1.29 is 33.6 Å². The van der Waals surface area contributed by atoms with Crippen molar-refractivity contribution in [3.8, 4) is 23.0 Å². The first-order valence-electron chi connectivity index (χ1n) is 13.1. The molecule has 2 bridgehead atoms. The van der Waals surface area contributed by atoms with Crippen LogP contribution in [0.25, 0.3) is 0 Å². The van der Waals surface area contributed by atoms with Crippen LogP contribution in [0.4, 0.5) is 0 Å². The summed E-state index contributed by atoms with van der Waals surface area (Å²) in [5, 5.41) is 11.2. The molecule has 2 aromatic carbocycles. The van der Waals surface area contributed by atoms with Crippen LogP contribution in [0.2, 0.25) is 5.02 Å². The zero-order valence-corrected chi connectivity index (χ0v) is 24.9. The van der Waals surface area contributed by atoms with Crippen LogP contribution in [-0.2, 0) is 16.1 Å². The standard InChI is InChI=1S/C30H32BrClO7/c1-14(2)10-20(33)18-8-9-21-22(25(18)36-5)28(34)37-13-19-24(32)15(3)23(31)27(26(19)38-21)39-29(35)30(4)12-16-6-7-17(30)11-16/h6-9,14,16-17,20,33H,10-13H2,1-5H3/t16?,17?,20-,30?/m0/s1. The van der Waals surface area contributed by atoms with Gasteiger partial charge in [0.25, 0.3) is 0 Å². The third-order valence-electron chi connectivity index (χ3n) is 8.11. The van der Waals surface area contributed by atoms with Crippen LogP contribution in [0.3, 0.4) is 0 Å². The maximum atomic E-state index is 13.6. The van der Waals surface area contributed by atoms with Crippen LogP contribution in [0.1, 0.15) is 73.2 Å². The Hall–Kier alpha value is -2.55. The van der Waals surface area contributed by atoms with Crippen molar-refractivity contribution >= 4 is 39.5 Å². The van der Waals surface area contributed by atoms with Gasteiger partial charge in [-0.3, -0.25) is 4.79 Å². The number of esters is 2. The average Bonchev–Trinajstić information content (AvgIpc) is 3.48. The zero-order valence-electron chi connectivity index (χ0n) is 22.6. The molecule has 1 N–H and O–H groups in total. The number of carbonyl (C=O) groups excluding carboxylic acids is 2. The SMILES string of the molecule is COc1c([C@@H](O)CC(C)C)ccc2c1C(=O)OCc1c(Cl)c(C)c(Br)c(OC(=O)C3(C)CC4C=CC3C4)c1O2. The second-order valence-corrected chi connectivity index (χ2v) is 12.4. The molecule has 0 aromatic heterocycles. The van der Waals surface area contributed by atoms with E-state index in [1.165, 1.54) is 7.11 Å². The predicted octanol–water partition coefficient (Wildman–Crippen LogP) is 7.47. The zero-order chi connectivity index (χ0) is 28.2. The van der Waals surface area contributed by atoms with E-state index in [4.69, 9.17) is 30.5 Å². The molecule has 0 spiro atoms. The number of fused-ring (bicyclic) bond motifs is 4. The van der Waals surface area contributed by atoms with E-state index in [1.54, 1.807) is 19.1 Å². The Morgan fingerprint density at radius 2 is 2.03 bits per heavy atom. The molecule has 1 aliphatic heterocycles.